The molecule has 0 aromatic carbocycles. The minimum absolute atomic E-state index is 0.0410. The van der Waals surface area contributed by atoms with Crippen LogP contribution in [0.15, 0.2) is 0 Å². The van der Waals surface area contributed by atoms with Gasteiger partial charge in [-0.3, -0.25) is 9.59 Å². The van der Waals surface area contributed by atoms with Gasteiger partial charge in [-0.05, 0) is 44.9 Å². The van der Waals surface area contributed by atoms with Crippen molar-refractivity contribution < 1.29 is 23.8 Å². The predicted octanol–water partition coefficient (Wildman–Crippen LogP) is 2.57. The second-order valence-corrected chi connectivity index (χ2v) is 6.08. The van der Waals surface area contributed by atoms with Crippen molar-refractivity contribution in [3.05, 3.63) is 0 Å². The van der Waals surface area contributed by atoms with Crippen LogP contribution in [0.5, 0.6) is 0 Å². The van der Waals surface area contributed by atoms with Crippen molar-refractivity contribution >= 4 is 11.9 Å². The molecular formula is C16H28O5. The smallest absolute Gasteiger partial charge is 0.325 e. The molecule has 0 aromatic rings. The Balaban J connectivity index is 2.86. The first-order valence-corrected chi connectivity index (χ1v) is 7.88. The van der Waals surface area contributed by atoms with Gasteiger partial charge in [0.1, 0.15) is 0 Å². The van der Waals surface area contributed by atoms with E-state index >= 15 is 0 Å². The van der Waals surface area contributed by atoms with Gasteiger partial charge in [-0.15, -0.1) is 0 Å². The van der Waals surface area contributed by atoms with Crippen LogP contribution in [-0.2, 0) is 23.8 Å². The molecule has 1 saturated carbocycles. The number of carbonyl (C=O) groups is 2. The topological polar surface area (TPSA) is 61.8 Å². The second kappa shape index (κ2) is 8.37. The highest BCUT2D eigenvalue weighted by Gasteiger charge is 2.49. The van der Waals surface area contributed by atoms with Gasteiger partial charge in [-0.1, -0.05) is 13.8 Å². The Morgan fingerprint density at radius 2 is 1.62 bits per heavy atom. The summed E-state index contributed by atoms with van der Waals surface area (Å²) in [7, 11) is 0. The maximum Gasteiger partial charge on any atom is 0.325 e. The molecule has 0 unspecified atom stereocenters. The van der Waals surface area contributed by atoms with Gasteiger partial charge in [0.2, 0.25) is 0 Å². The van der Waals surface area contributed by atoms with E-state index in [0.717, 1.165) is 12.8 Å². The van der Waals surface area contributed by atoms with Gasteiger partial charge in [0.25, 0.3) is 0 Å². The highest BCUT2D eigenvalue weighted by Crippen LogP contribution is 2.33. The summed E-state index contributed by atoms with van der Waals surface area (Å²) in [6.07, 6.45) is 2.70. The van der Waals surface area contributed by atoms with Crippen LogP contribution in [0.1, 0.15) is 47.0 Å². The molecule has 0 heterocycles. The average molecular weight is 300 g/mol. The van der Waals surface area contributed by atoms with Gasteiger partial charge in [-0.2, -0.15) is 0 Å². The van der Waals surface area contributed by atoms with Gasteiger partial charge >= 0.3 is 11.9 Å². The molecule has 0 spiro atoms. The molecule has 1 aliphatic rings. The lowest BCUT2D eigenvalue weighted by Gasteiger charge is -2.30. The van der Waals surface area contributed by atoms with Crippen molar-refractivity contribution in [3.63, 3.8) is 0 Å². The van der Waals surface area contributed by atoms with E-state index in [9.17, 15) is 9.59 Å². The summed E-state index contributed by atoms with van der Waals surface area (Å²) in [4.78, 5) is 24.8. The lowest BCUT2D eigenvalue weighted by Crippen LogP contribution is -2.47. The summed E-state index contributed by atoms with van der Waals surface area (Å²) in [5.74, 6) is -0.338. The molecule has 1 rings (SSSR count). The Hall–Kier alpha value is -1.10. The van der Waals surface area contributed by atoms with Crippen LogP contribution < -0.4 is 0 Å². The first-order valence-electron chi connectivity index (χ1n) is 7.88. The predicted molar refractivity (Wildman–Crippen MR) is 78.7 cm³/mol. The van der Waals surface area contributed by atoms with Crippen LogP contribution in [-0.4, -0.2) is 38.4 Å². The van der Waals surface area contributed by atoms with Crippen molar-refractivity contribution in [3.8, 4) is 0 Å². The third kappa shape index (κ3) is 5.30. The molecule has 0 atom stereocenters. The third-order valence-corrected chi connectivity index (χ3v) is 3.49. The first-order chi connectivity index (χ1) is 9.96. The Bertz CT molecular complexity index is 329. The number of esters is 2. The number of hydrogen-bond donors (Lipinski definition) is 0. The molecule has 21 heavy (non-hydrogen) atoms. The van der Waals surface area contributed by atoms with E-state index in [1.54, 1.807) is 13.8 Å². The lowest BCUT2D eigenvalue weighted by atomic mass is 9.80. The molecule has 0 saturated heterocycles. The zero-order valence-corrected chi connectivity index (χ0v) is 13.6. The van der Waals surface area contributed by atoms with E-state index in [2.05, 4.69) is 0 Å². The van der Waals surface area contributed by atoms with E-state index in [-0.39, 0.29) is 25.7 Å². The van der Waals surface area contributed by atoms with E-state index in [1.165, 1.54) is 0 Å². The monoisotopic (exact) mass is 300 g/mol. The van der Waals surface area contributed by atoms with E-state index in [1.807, 2.05) is 13.8 Å². The van der Waals surface area contributed by atoms with Gasteiger partial charge < -0.3 is 14.2 Å². The summed E-state index contributed by atoms with van der Waals surface area (Å²) < 4.78 is 15.9. The number of carbonyl (C=O) groups excluding carboxylic acids is 2. The number of ether oxygens (including phenoxy) is 3. The average Bonchev–Trinajstić information content (AvgIpc) is 3.21. The largest absolute Gasteiger partial charge is 0.465 e. The van der Waals surface area contributed by atoms with Crippen molar-refractivity contribution in [1.29, 1.82) is 0 Å². The fourth-order valence-corrected chi connectivity index (χ4v) is 2.35. The normalized spacial score (nSPS) is 15.1. The molecule has 0 bridgehead atoms. The van der Waals surface area contributed by atoms with Gasteiger partial charge in [0.05, 0.1) is 19.8 Å². The highest BCUT2D eigenvalue weighted by atomic mass is 16.6. The molecule has 5 heteroatoms. The minimum atomic E-state index is -1.34. The van der Waals surface area contributed by atoms with E-state index < -0.39 is 17.4 Å². The molecule has 5 nitrogen and oxygen atoms in total. The second-order valence-electron chi connectivity index (χ2n) is 6.08. The molecule has 0 amide bonds. The lowest BCUT2D eigenvalue weighted by molar-refractivity contribution is -0.178. The van der Waals surface area contributed by atoms with Crippen molar-refractivity contribution in [1.82, 2.24) is 0 Å². The Kier molecular flexibility index (Phi) is 7.15. The van der Waals surface area contributed by atoms with E-state index in [4.69, 9.17) is 14.2 Å². The van der Waals surface area contributed by atoms with Crippen molar-refractivity contribution in [2.75, 3.05) is 26.4 Å². The van der Waals surface area contributed by atoms with Gasteiger partial charge in [0.15, 0.2) is 5.41 Å². The highest BCUT2D eigenvalue weighted by molar-refractivity contribution is 6.00. The molecule has 1 aliphatic carbocycles. The van der Waals surface area contributed by atoms with Crippen molar-refractivity contribution in [2.24, 2.45) is 17.3 Å². The maximum atomic E-state index is 12.4. The summed E-state index contributed by atoms with van der Waals surface area (Å²) in [6.45, 7) is 8.50. The molecular weight excluding hydrogens is 272 g/mol. The quantitative estimate of drug-likeness (QED) is 0.458. The molecule has 1 fully saturated rings. The van der Waals surface area contributed by atoms with Crippen LogP contribution in [0.3, 0.4) is 0 Å². The Morgan fingerprint density at radius 3 is 2.00 bits per heavy atom. The molecule has 0 aliphatic heterocycles. The zero-order valence-electron chi connectivity index (χ0n) is 13.6. The van der Waals surface area contributed by atoms with E-state index in [0.29, 0.717) is 18.9 Å². The Labute approximate surface area is 127 Å². The van der Waals surface area contributed by atoms with Crippen LogP contribution in [0.4, 0.5) is 0 Å². The summed E-state index contributed by atoms with van der Waals surface area (Å²) in [6, 6.07) is 0. The summed E-state index contributed by atoms with van der Waals surface area (Å²) in [5.41, 5.74) is -1.34. The zero-order chi connectivity index (χ0) is 15.9. The fraction of sp³-hybridized carbons (Fsp3) is 0.875. The van der Waals surface area contributed by atoms with Crippen LogP contribution in [0, 0.1) is 17.3 Å². The van der Waals surface area contributed by atoms with Gasteiger partial charge in [-0.25, -0.2) is 0 Å². The maximum absolute atomic E-state index is 12.4. The third-order valence-electron chi connectivity index (χ3n) is 3.49. The molecule has 0 aromatic heterocycles. The molecule has 0 radical (unpaired) electrons. The SMILES string of the molecule is CCOC(=O)C(COCC1CC1)(CC(C)C)C(=O)OCC. The van der Waals surface area contributed by atoms with Crippen LogP contribution >= 0.6 is 0 Å². The van der Waals surface area contributed by atoms with Crippen molar-refractivity contribution in [2.45, 2.75) is 47.0 Å². The Morgan fingerprint density at radius 1 is 1.10 bits per heavy atom. The first kappa shape index (κ1) is 18.0. The summed E-state index contributed by atoms with van der Waals surface area (Å²) >= 11 is 0. The van der Waals surface area contributed by atoms with Gasteiger partial charge in [0, 0.05) is 6.61 Å². The number of rotatable bonds is 10. The summed E-state index contributed by atoms with van der Waals surface area (Å²) in [5, 5.41) is 0. The van der Waals surface area contributed by atoms with Crippen LogP contribution in [0.2, 0.25) is 0 Å². The fourth-order valence-electron chi connectivity index (χ4n) is 2.35. The minimum Gasteiger partial charge on any atom is -0.465 e. The molecule has 122 valence electrons. The molecule has 0 N–H and O–H groups in total. The van der Waals surface area contributed by atoms with Crippen LogP contribution in [0.25, 0.3) is 0 Å². The number of hydrogen-bond acceptors (Lipinski definition) is 5. The standard InChI is InChI=1S/C16H28O5/c1-5-20-14(17)16(9-12(3)4,15(18)21-6-2)11-19-10-13-7-8-13/h12-13H,5-11H2,1-4H3.